The van der Waals surface area contributed by atoms with Gasteiger partial charge in [-0.2, -0.15) is 0 Å². The van der Waals surface area contributed by atoms with E-state index in [1.165, 1.54) is 26.4 Å². The maximum atomic E-state index is 13.2. The zero-order valence-electron chi connectivity index (χ0n) is 23.5. The third-order valence-electron chi connectivity index (χ3n) is 6.38. The lowest BCUT2D eigenvalue weighted by Crippen LogP contribution is -2.59. The minimum atomic E-state index is -1.19. The Morgan fingerprint density at radius 2 is 1.71 bits per heavy atom. The monoisotopic (exact) mass is 577 g/mol. The van der Waals surface area contributed by atoms with Gasteiger partial charge in [-0.25, -0.2) is 4.98 Å². The quantitative estimate of drug-likeness (QED) is 0.177. The minimum absolute atomic E-state index is 0.0231. The molecule has 16 nitrogen and oxygen atoms in total. The number of hydrogen-bond acceptors (Lipinski definition) is 8. The maximum Gasteiger partial charge on any atom is 0.243 e. The molecular formula is C25H39N9O7. The van der Waals surface area contributed by atoms with Crippen LogP contribution < -0.4 is 37.6 Å². The van der Waals surface area contributed by atoms with E-state index in [2.05, 4.69) is 41.9 Å². The molecule has 0 bridgehead atoms. The fourth-order valence-electron chi connectivity index (χ4n) is 4.07. The number of amides is 7. The van der Waals surface area contributed by atoms with E-state index in [0.29, 0.717) is 5.69 Å². The molecule has 226 valence electrons. The molecule has 7 amide bonds. The number of hydrogen-bond donors (Lipinski definition) is 8. The fraction of sp³-hybridized carbons (Fsp3) is 0.600. The highest BCUT2D eigenvalue weighted by Crippen LogP contribution is 2.07. The predicted octanol–water partition coefficient (Wildman–Crippen LogP) is -3.14. The van der Waals surface area contributed by atoms with Crippen molar-refractivity contribution in [3.63, 3.8) is 0 Å². The fourth-order valence-corrected chi connectivity index (χ4v) is 4.07. The number of aromatic amines is 1. The van der Waals surface area contributed by atoms with Crippen molar-refractivity contribution in [2.24, 2.45) is 11.7 Å². The molecule has 0 radical (unpaired) electrons. The highest BCUT2D eigenvalue weighted by atomic mass is 16.2. The van der Waals surface area contributed by atoms with Crippen LogP contribution in [-0.4, -0.2) is 88.1 Å². The van der Waals surface area contributed by atoms with E-state index in [9.17, 15) is 33.6 Å². The average Bonchev–Trinajstić information content (AvgIpc) is 3.40. The lowest BCUT2D eigenvalue weighted by Gasteiger charge is -2.27. The number of carbonyl (C=O) groups is 7. The number of aromatic nitrogens is 2. The van der Waals surface area contributed by atoms with Crippen molar-refractivity contribution in [3.05, 3.63) is 18.2 Å². The van der Waals surface area contributed by atoms with Crippen LogP contribution in [0.2, 0.25) is 0 Å². The summed E-state index contributed by atoms with van der Waals surface area (Å²) in [6.07, 6.45) is 2.54. The van der Waals surface area contributed by atoms with Crippen molar-refractivity contribution >= 4 is 41.4 Å². The SMILES string of the molecule is CC(=O)NC1CCC(=O)NCCC(C(N)=O)NC(=O)C(C(C)C)NC(=O)C(C)NC(=O)C(Cc2cnc[nH]2)NC1=O. The Balaban J connectivity index is 2.37. The van der Waals surface area contributed by atoms with Crippen LogP contribution in [0.1, 0.15) is 52.7 Å². The van der Waals surface area contributed by atoms with Crippen LogP contribution >= 0.6 is 0 Å². The molecule has 1 aliphatic rings. The summed E-state index contributed by atoms with van der Waals surface area (Å²) in [7, 11) is 0. The first-order valence-electron chi connectivity index (χ1n) is 13.3. The Labute approximate surface area is 237 Å². The van der Waals surface area contributed by atoms with Gasteiger partial charge in [0.15, 0.2) is 0 Å². The van der Waals surface area contributed by atoms with Gasteiger partial charge in [0.25, 0.3) is 0 Å². The first kappa shape index (κ1) is 32.7. The number of nitrogens with one attached hydrogen (secondary N) is 7. The number of H-pyrrole nitrogens is 1. The lowest BCUT2D eigenvalue weighted by molar-refractivity contribution is -0.135. The predicted molar refractivity (Wildman–Crippen MR) is 144 cm³/mol. The summed E-state index contributed by atoms with van der Waals surface area (Å²) in [4.78, 5) is 95.3. The summed E-state index contributed by atoms with van der Waals surface area (Å²) in [5.41, 5.74) is 5.95. The highest BCUT2D eigenvalue weighted by Gasteiger charge is 2.32. The van der Waals surface area contributed by atoms with E-state index in [4.69, 9.17) is 5.73 Å². The van der Waals surface area contributed by atoms with E-state index in [0.717, 1.165) is 0 Å². The van der Waals surface area contributed by atoms with Gasteiger partial charge in [0.2, 0.25) is 41.4 Å². The molecule has 9 N–H and O–H groups in total. The normalized spacial score (nSPS) is 25.8. The second-order valence-corrected chi connectivity index (χ2v) is 10.2. The molecule has 16 heteroatoms. The standard InChI is InChI=1S/C25H39N9O7/c1-12(2)20-25(41)32-16(21(26)37)7-8-28-19(36)6-5-17(31-14(4)35)23(39)33-18(9-15-10-27-11-29-15)24(40)30-13(3)22(38)34-20/h10-13,16-18,20H,5-9H2,1-4H3,(H2,26,37)(H,27,29)(H,28,36)(H,30,40)(H,31,35)(H,32,41)(H,33,39)(H,34,38). The summed E-state index contributed by atoms with van der Waals surface area (Å²) in [6.45, 7) is 5.96. The van der Waals surface area contributed by atoms with Crippen molar-refractivity contribution in [3.8, 4) is 0 Å². The van der Waals surface area contributed by atoms with E-state index < -0.39 is 77.5 Å². The van der Waals surface area contributed by atoms with E-state index in [-0.39, 0.29) is 32.2 Å². The number of nitrogens with zero attached hydrogens (tertiary/aromatic N) is 1. The summed E-state index contributed by atoms with van der Waals surface area (Å²) < 4.78 is 0. The average molecular weight is 578 g/mol. The van der Waals surface area contributed by atoms with Crippen molar-refractivity contribution in [1.82, 2.24) is 41.9 Å². The third-order valence-corrected chi connectivity index (χ3v) is 6.38. The molecular weight excluding hydrogens is 538 g/mol. The van der Waals surface area contributed by atoms with Gasteiger partial charge in [0.1, 0.15) is 30.2 Å². The van der Waals surface area contributed by atoms with Gasteiger partial charge in [-0.1, -0.05) is 13.8 Å². The molecule has 0 spiro atoms. The van der Waals surface area contributed by atoms with Crippen LogP contribution in [0.15, 0.2) is 12.5 Å². The molecule has 0 aliphatic carbocycles. The molecule has 1 saturated heterocycles. The number of carbonyl (C=O) groups excluding carboxylic acids is 7. The van der Waals surface area contributed by atoms with Crippen LogP contribution in [0.25, 0.3) is 0 Å². The van der Waals surface area contributed by atoms with Gasteiger partial charge >= 0.3 is 0 Å². The van der Waals surface area contributed by atoms with Gasteiger partial charge in [0.05, 0.1) is 6.33 Å². The van der Waals surface area contributed by atoms with Crippen LogP contribution in [-0.2, 0) is 40.0 Å². The van der Waals surface area contributed by atoms with Crippen LogP contribution in [0.3, 0.4) is 0 Å². The summed E-state index contributed by atoms with van der Waals surface area (Å²) in [5, 5.41) is 15.3. The molecule has 1 aliphatic heterocycles. The molecule has 5 unspecified atom stereocenters. The summed E-state index contributed by atoms with van der Waals surface area (Å²) >= 11 is 0. The molecule has 2 heterocycles. The van der Waals surface area contributed by atoms with Gasteiger partial charge in [-0.15, -0.1) is 0 Å². The largest absolute Gasteiger partial charge is 0.368 e. The summed E-state index contributed by atoms with van der Waals surface area (Å²) in [6, 6.07) is -5.67. The minimum Gasteiger partial charge on any atom is -0.368 e. The number of rotatable bonds is 5. The number of primary amides is 1. The highest BCUT2D eigenvalue weighted by molar-refractivity contribution is 5.96. The Hall–Kier alpha value is -4.50. The van der Waals surface area contributed by atoms with Crippen LogP contribution in [0.4, 0.5) is 0 Å². The van der Waals surface area contributed by atoms with Crippen molar-refractivity contribution in [2.45, 2.75) is 83.6 Å². The lowest BCUT2D eigenvalue weighted by atomic mass is 10.0. The Bertz CT molecular complexity index is 1120. The zero-order chi connectivity index (χ0) is 30.7. The second-order valence-electron chi connectivity index (χ2n) is 10.2. The van der Waals surface area contributed by atoms with Crippen molar-refractivity contribution in [1.29, 1.82) is 0 Å². The Morgan fingerprint density at radius 1 is 1.00 bits per heavy atom. The molecule has 0 aromatic carbocycles. The van der Waals surface area contributed by atoms with Crippen LogP contribution in [0, 0.1) is 5.92 Å². The topological polar surface area (TPSA) is 246 Å². The van der Waals surface area contributed by atoms with Gasteiger partial charge < -0.3 is 42.6 Å². The molecule has 1 aromatic heterocycles. The summed E-state index contributed by atoms with van der Waals surface area (Å²) in [5.74, 6) is -5.02. The molecule has 1 aromatic rings. The van der Waals surface area contributed by atoms with E-state index >= 15 is 0 Å². The maximum absolute atomic E-state index is 13.2. The molecule has 0 saturated carbocycles. The molecule has 2 rings (SSSR count). The number of imidazole rings is 1. The zero-order valence-corrected chi connectivity index (χ0v) is 23.5. The Kier molecular flexibility index (Phi) is 12.2. The number of nitrogens with two attached hydrogens (primary N) is 1. The first-order valence-corrected chi connectivity index (χ1v) is 13.3. The van der Waals surface area contributed by atoms with Gasteiger partial charge in [-0.3, -0.25) is 33.6 Å². The van der Waals surface area contributed by atoms with Gasteiger partial charge in [0, 0.05) is 38.2 Å². The smallest absolute Gasteiger partial charge is 0.243 e. The van der Waals surface area contributed by atoms with E-state index in [1.54, 1.807) is 13.8 Å². The first-order chi connectivity index (χ1) is 19.3. The second kappa shape index (κ2) is 15.3. The third kappa shape index (κ3) is 10.5. The van der Waals surface area contributed by atoms with E-state index in [1.807, 2.05) is 0 Å². The van der Waals surface area contributed by atoms with Crippen molar-refractivity contribution in [2.75, 3.05) is 6.54 Å². The van der Waals surface area contributed by atoms with Gasteiger partial charge in [-0.05, 0) is 25.7 Å². The molecule has 5 atom stereocenters. The van der Waals surface area contributed by atoms with Crippen LogP contribution in [0.5, 0.6) is 0 Å². The Morgan fingerprint density at radius 3 is 2.29 bits per heavy atom. The molecule has 41 heavy (non-hydrogen) atoms. The van der Waals surface area contributed by atoms with Crippen molar-refractivity contribution < 1.29 is 33.6 Å². The molecule has 1 fully saturated rings.